The zero-order valence-corrected chi connectivity index (χ0v) is 32.5. The van der Waals surface area contributed by atoms with Gasteiger partial charge in [-0.2, -0.15) is 0 Å². The normalized spacial score (nSPS) is 21.3. The van der Waals surface area contributed by atoms with Gasteiger partial charge in [0.15, 0.2) is 11.4 Å². The maximum Gasteiger partial charge on any atom is 0.413 e. The number of Topliss-reactive ketones (excluding diaryl/α,β-unsaturated/α-hetero) is 2. The molecule has 306 valence electrons. The molecule has 18 heteroatoms. The highest BCUT2D eigenvalue weighted by Gasteiger charge is 2.64. The van der Waals surface area contributed by atoms with Crippen molar-refractivity contribution >= 4 is 52.6 Å². The maximum atomic E-state index is 14.3. The van der Waals surface area contributed by atoms with Crippen molar-refractivity contribution < 1.29 is 63.4 Å². The van der Waals surface area contributed by atoms with E-state index in [1.807, 2.05) is 6.92 Å². The molecule has 0 aromatic heterocycles. The van der Waals surface area contributed by atoms with Crippen LogP contribution in [0.3, 0.4) is 0 Å². The number of aliphatic hydroxyl groups is 3. The van der Waals surface area contributed by atoms with E-state index < -0.39 is 95.1 Å². The molecular weight excluding hydrogens is 746 g/mol. The third-order valence-corrected chi connectivity index (χ3v) is 10.5. The van der Waals surface area contributed by atoms with E-state index in [2.05, 4.69) is 5.32 Å². The molecule has 57 heavy (non-hydrogen) atoms. The molecule has 0 saturated heterocycles. The number of nitrogens with two attached hydrogens (primary N) is 1. The van der Waals surface area contributed by atoms with Crippen LogP contribution in [-0.2, 0) is 35.1 Å². The summed E-state index contributed by atoms with van der Waals surface area (Å²) in [6, 6.07) is 6.30. The molecule has 0 aliphatic heterocycles. The highest BCUT2D eigenvalue weighted by molar-refractivity contribution is 6.24. The van der Waals surface area contributed by atoms with Crippen molar-refractivity contribution in [1.29, 1.82) is 0 Å². The Labute approximate surface area is 328 Å². The number of aromatic hydroxyl groups is 1. The molecular formula is C39H47N5O13. The molecule has 2 aromatic carbocycles. The van der Waals surface area contributed by atoms with Crippen molar-refractivity contribution in [2.45, 2.75) is 44.2 Å². The van der Waals surface area contributed by atoms with Gasteiger partial charge in [0, 0.05) is 37.8 Å². The van der Waals surface area contributed by atoms with Crippen LogP contribution in [0.4, 0.5) is 16.2 Å². The number of anilines is 2. The Morgan fingerprint density at radius 3 is 2.26 bits per heavy atom. The van der Waals surface area contributed by atoms with Crippen LogP contribution in [0.2, 0.25) is 0 Å². The number of phenolic OH excluding ortho intramolecular Hbond substituents is 1. The second-order valence-electron chi connectivity index (χ2n) is 14.5. The third-order valence-electron chi connectivity index (χ3n) is 10.5. The Kier molecular flexibility index (Phi) is 12.2. The number of aliphatic hydroxyl groups excluding tert-OH is 2. The molecule has 4 atom stereocenters. The SMILES string of the molecule is CCCCN(CC(=O)Nc1cc(N(C)C)c2c(c1O)C(O)=C1C(=O)[C@]3(O)C(O)=C(C(N)=O)C(=O)[C@@H](N(C)C)C3CC1C2)C(=O)OCOC(=O)c1ccc(OC)cc1. The minimum Gasteiger partial charge on any atom is -0.508 e. The number of fused-ring (bicyclic) bond motifs is 3. The number of methoxy groups -OCH3 is 1. The van der Waals surface area contributed by atoms with Crippen LogP contribution in [0.25, 0.3) is 5.76 Å². The molecule has 3 aliphatic carbocycles. The van der Waals surface area contributed by atoms with Crippen molar-refractivity contribution in [3.05, 3.63) is 63.9 Å². The summed E-state index contributed by atoms with van der Waals surface area (Å²) in [5, 5.41) is 49.0. The molecule has 0 radical (unpaired) electrons. The lowest BCUT2D eigenvalue weighted by molar-refractivity contribution is -0.153. The van der Waals surface area contributed by atoms with Gasteiger partial charge in [-0.3, -0.25) is 29.0 Å². The van der Waals surface area contributed by atoms with Gasteiger partial charge in [0.1, 0.15) is 35.1 Å². The number of esters is 1. The number of nitrogens with zero attached hydrogens (tertiary/aromatic N) is 3. The average molecular weight is 794 g/mol. The quantitative estimate of drug-likeness (QED) is 0.0734. The Balaban J connectivity index is 1.42. The van der Waals surface area contributed by atoms with Crippen LogP contribution in [-0.4, -0.2) is 132 Å². The minimum absolute atomic E-state index is 0.0313. The molecule has 0 spiro atoms. The highest BCUT2D eigenvalue weighted by Crippen LogP contribution is 2.54. The summed E-state index contributed by atoms with van der Waals surface area (Å²) in [6.45, 7) is 0.672. The highest BCUT2D eigenvalue weighted by atomic mass is 16.7. The molecule has 1 saturated carbocycles. The van der Waals surface area contributed by atoms with Gasteiger partial charge in [-0.25, -0.2) is 9.59 Å². The molecule has 5 rings (SSSR count). The average Bonchev–Trinajstić information content (AvgIpc) is 3.15. The van der Waals surface area contributed by atoms with Crippen molar-refractivity contribution in [2.75, 3.05) is 65.4 Å². The van der Waals surface area contributed by atoms with Gasteiger partial charge >= 0.3 is 12.1 Å². The molecule has 3 aliphatic rings. The molecule has 2 aromatic rings. The van der Waals surface area contributed by atoms with E-state index in [0.717, 1.165) is 4.90 Å². The fourth-order valence-electron chi connectivity index (χ4n) is 7.77. The van der Waals surface area contributed by atoms with E-state index >= 15 is 0 Å². The van der Waals surface area contributed by atoms with Gasteiger partial charge < -0.3 is 50.6 Å². The van der Waals surface area contributed by atoms with Crippen molar-refractivity contribution in [1.82, 2.24) is 9.80 Å². The van der Waals surface area contributed by atoms with Crippen molar-refractivity contribution in [3.63, 3.8) is 0 Å². The number of hydrogen-bond donors (Lipinski definition) is 6. The summed E-state index contributed by atoms with van der Waals surface area (Å²) in [5.74, 6) is -9.01. The number of hydrogen-bond acceptors (Lipinski definition) is 15. The third kappa shape index (κ3) is 7.69. The fourth-order valence-corrected chi connectivity index (χ4v) is 7.77. The molecule has 0 bridgehead atoms. The maximum absolute atomic E-state index is 14.3. The topological polar surface area (TPSA) is 259 Å². The van der Waals surface area contributed by atoms with E-state index in [4.69, 9.17) is 19.9 Å². The summed E-state index contributed by atoms with van der Waals surface area (Å²) in [5.41, 5.74) is 1.90. The lowest BCUT2D eigenvalue weighted by Crippen LogP contribution is -2.65. The number of likely N-dealkylation sites (N-methyl/N-ethyl adjacent to an activating group) is 1. The van der Waals surface area contributed by atoms with E-state index in [1.54, 1.807) is 31.1 Å². The Morgan fingerprint density at radius 1 is 1.02 bits per heavy atom. The number of carbonyl (C=O) groups is 6. The van der Waals surface area contributed by atoms with Crippen molar-refractivity contribution in [3.8, 4) is 11.5 Å². The van der Waals surface area contributed by atoms with Gasteiger partial charge in [0.05, 0.1) is 30.0 Å². The Morgan fingerprint density at radius 2 is 1.68 bits per heavy atom. The number of carbonyl (C=O) groups excluding carboxylic acids is 6. The predicted octanol–water partition coefficient (Wildman–Crippen LogP) is 2.03. The zero-order valence-electron chi connectivity index (χ0n) is 32.5. The standard InChI is InChI=1S/C39H47N5O13/c1-7-8-13-44(38(53)57-18-56-37(52)19-9-11-21(55-6)12-10-19)17-26(45)41-24-16-25(42(2)3)22-14-20-15-23-30(43(4)5)33(48)29(36(40)51)35(50)39(23,54)34(49)27(20)32(47)28(22)31(24)46/h9-12,16,20,23,30,46-47,50,54H,7-8,13-15,17-18H2,1-6H3,(H2,40,51)(H,41,45)/t20?,23?,30-,39-/m0/s1. The fraction of sp³-hybridized carbons (Fsp3) is 0.436. The smallest absolute Gasteiger partial charge is 0.413 e. The van der Waals surface area contributed by atoms with Crippen LogP contribution in [0.1, 0.15) is 47.7 Å². The number of phenols is 1. The first-order valence-corrected chi connectivity index (χ1v) is 18.1. The molecule has 1 fully saturated rings. The number of nitrogens with one attached hydrogen (secondary N) is 1. The summed E-state index contributed by atoms with van der Waals surface area (Å²) in [6.07, 6.45) is 0.124. The zero-order chi connectivity index (χ0) is 42.1. The summed E-state index contributed by atoms with van der Waals surface area (Å²) >= 11 is 0. The van der Waals surface area contributed by atoms with Crippen LogP contribution >= 0.6 is 0 Å². The summed E-state index contributed by atoms with van der Waals surface area (Å²) in [7, 11) is 7.86. The van der Waals surface area contributed by atoms with E-state index in [1.165, 1.54) is 44.3 Å². The lowest BCUT2D eigenvalue weighted by Gasteiger charge is -2.50. The summed E-state index contributed by atoms with van der Waals surface area (Å²) < 4.78 is 15.3. The van der Waals surface area contributed by atoms with Crippen molar-refractivity contribution in [2.24, 2.45) is 17.6 Å². The number of unbranched alkanes of at least 4 members (excludes halogenated alkanes) is 1. The molecule has 18 nitrogen and oxygen atoms in total. The molecule has 0 heterocycles. The summed E-state index contributed by atoms with van der Waals surface area (Å²) in [4.78, 5) is 83.0. The van der Waals surface area contributed by atoms with Gasteiger partial charge in [0.2, 0.25) is 18.5 Å². The second-order valence-corrected chi connectivity index (χ2v) is 14.5. The van der Waals surface area contributed by atoms with Gasteiger partial charge in [-0.1, -0.05) is 13.3 Å². The number of amides is 3. The van der Waals surface area contributed by atoms with Gasteiger partial charge in [-0.05, 0) is 75.2 Å². The Hall–Kier alpha value is -6.14. The number of ether oxygens (including phenoxy) is 3. The monoisotopic (exact) mass is 793 g/mol. The van der Waals surface area contributed by atoms with Crippen LogP contribution < -0.4 is 20.7 Å². The lowest BCUT2D eigenvalue weighted by atomic mass is 9.57. The molecule has 3 amide bonds. The Bertz CT molecular complexity index is 2060. The first-order chi connectivity index (χ1) is 26.9. The minimum atomic E-state index is -2.82. The van der Waals surface area contributed by atoms with E-state index in [9.17, 15) is 49.2 Å². The number of ketones is 2. The number of rotatable bonds is 13. The van der Waals surface area contributed by atoms with Crippen LogP contribution in [0, 0.1) is 11.8 Å². The molecule has 2 unspecified atom stereocenters. The number of primary amides is 1. The van der Waals surface area contributed by atoms with Crippen LogP contribution in [0.15, 0.2) is 47.2 Å². The van der Waals surface area contributed by atoms with Gasteiger partial charge in [0.25, 0.3) is 5.91 Å². The van der Waals surface area contributed by atoms with Gasteiger partial charge in [-0.15, -0.1) is 0 Å². The second kappa shape index (κ2) is 16.5. The molecule has 7 N–H and O–H groups in total. The first-order valence-electron chi connectivity index (χ1n) is 18.1. The largest absolute Gasteiger partial charge is 0.508 e. The first kappa shape index (κ1) is 42.0. The van der Waals surface area contributed by atoms with E-state index in [0.29, 0.717) is 29.8 Å². The predicted molar refractivity (Wildman–Crippen MR) is 203 cm³/mol. The van der Waals surface area contributed by atoms with Crippen LogP contribution in [0.5, 0.6) is 11.5 Å². The van der Waals surface area contributed by atoms with E-state index in [-0.39, 0.29) is 41.8 Å². The number of benzene rings is 2.